The summed E-state index contributed by atoms with van der Waals surface area (Å²) in [7, 11) is 0. The molecular weight excluding hydrogens is 332 g/mol. The largest absolute Gasteiger partial charge is 0.416 e. The highest BCUT2D eigenvalue weighted by molar-refractivity contribution is 7.99. The van der Waals surface area contributed by atoms with E-state index in [0.29, 0.717) is 29.0 Å². The zero-order valence-corrected chi connectivity index (χ0v) is 15.1. The molecule has 0 aliphatic rings. The van der Waals surface area contributed by atoms with Gasteiger partial charge in [-0.05, 0) is 17.0 Å². The zero-order chi connectivity index (χ0) is 17.6. The van der Waals surface area contributed by atoms with Gasteiger partial charge in [-0.1, -0.05) is 80.2 Å². The zero-order valence-electron chi connectivity index (χ0n) is 14.3. The normalized spacial score (nSPS) is 11.0. The van der Waals surface area contributed by atoms with E-state index in [4.69, 9.17) is 4.42 Å². The summed E-state index contributed by atoms with van der Waals surface area (Å²) in [5.41, 5.74) is 3.05. The molecule has 0 atom stereocenters. The summed E-state index contributed by atoms with van der Waals surface area (Å²) in [6.07, 6.45) is 0.596. The molecule has 1 heterocycles. The maximum atomic E-state index is 12.3. The van der Waals surface area contributed by atoms with Crippen LogP contribution in [-0.4, -0.2) is 21.7 Å². The number of benzene rings is 2. The molecule has 4 nitrogen and oxygen atoms in total. The summed E-state index contributed by atoms with van der Waals surface area (Å²) in [5.74, 6) is 1.36. The second-order valence-corrected chi connectivity index (χ2v) is 7.04. The average Bonchev–Trinajstić information content (AvgIpc) is 3.08. The first-order chi connectivity index (χ1) is 12.1. The highest BCUT2D eigenvalue weighted by Gasteiger charge is 2.12. The van der Waals surface area contributed by atoms with Crippen molar-refractivity contribution in [2.75, 3.05) is 5.75 Å². The van der Waals surface area contributed by atoms with E-state index in [-0.39, 0.29) is 11.5 Å². The van der Waals surface area contributed by atoms with Crippen molar-refractivity contribution in [1.29, 1.82) is 0 Å². The van der Waals surface area contributed by atoms with Crippen molar-refractivity contribution in [2.24, 2.45) is 0 Å². The molecule has 0 unspecified atom stereocenters. The topological polar surface area (TPSA) is 56.0 Å². The smallest absolute Gasteiger partial charge is 0.277 e. The number of rotatable bonds is 7. The fraction of sp³-hybridized carbons (Fsp3) is 0.250. The van der Waals surface area contributed by atoms with E-state index in [2.05, 4.69) is 24.0 Å². The monoisotopic (exact) mass is 352 g/mol. The summed E-state index contributed by atoms with van der Waals surface area (Å²) in [6.45, 7) is 4.27. The lowest BCUT2D eigenvalue weighted by Gasteiger charge is -2.05. The summed E-state index contributed by atoms with van der Waals surface area (Å²) < 4.78 is 5.61. The number of nitrogens with zero attached hydrogens (tertiary/aromatic N) is 2. The van der Waals surface area contributed by atoms with Crippen molar-refractivity contribution in [3.05, 3.63) is 77.2 Å². The fourth-order valence-corrected chi connectivity index (χ4v) is 3.08. The maximum Gasteiger partial charge on any atom is 0.277 e. The van der Waals surface area contributed by atoms with Gasteiger partial charge in [0.1, 0.15) is 0 Å². The van der Waals surface area contributed by atoms with E-state index < -0.39 is 0 Å². The first-order valence-corrected chi connectivity index (χ1v) is 9.22. The van der Waals surface area contributed by atoms with Crippen molar-refractivity contribution in [1.82, 2.24) is 10.2 Å². The number of thioether (sulfide) groups is 1. The van der Waals surface area contributed by atoms with Crippen LogP contribution in [-0.2, 0) is 6.42 Å². The first-order valence-electron chi connectivity index (χ1n) is 8.24. The van der Waals surface area contributed by atoms with Crippen LogP contribution in [0.3, 0.4) is 0 Å². The molecule has 0 amide bonds. The van der Waals surface area contributed by atoms with Crippen molar-refractivity contribution in [3.8, 4) is 0 Å². The number of hydrogen-bond acceptors (Lipinski definition) is 5. The third kappa shape index (κ3) is 4.79. The fourth-order valence-electron chi connectivity index (χ4n) is 2.40. The van der Waals surface area contributed by atoms with E-state index >= 15 is 0 Å². The highest BCUT2D eigenvalue weighted by Crippen LogP contribution is 2.20. The van der Waals surface area contributed by atoms with Crippen molar-refractivity contribution < 1.29 is 9.21 Å². The Bertz CT molecular complexity index is 826. The number of carbonyl (C=O) groups excluding carboxylic acids is 1. The Hall–Kier alpha value is -2.40. The summed E-state index contributed by atoms with van der Waals surface area (Å²) >= 11 is 1.28. The van der Waals surface area contributed by atoms with Crippen molar-refractivity contribution in [2.45, 2.75) is 31.4 Å². The number of aromatic nitrogens is 2. The van der Waals surface area contributed by atoms with Crippen LogP contribution >= 0.6 is 11.8 Å². The molecule has 0 saturated heterocycles. The molecule has 0 bridgehead atoms. The van der Waals surface area contributed by atoms with E-state index in [1.54, 1.807) is 0 Å². The third-order valence-corrected chi connectivity index (χ3v) is 4.69. The standard InChI is InChI=1S/C20H20N2O2S/c1-14(2)16-8-10-17(11-9-16)18(23)13-25-20-22-21-19(24-20)12-15-6-4-3-5-7-15/h3-11,14H,12-13H2,1-2H3. The van der Waals surface area contributed by atoms with Gasteiger partial charge in [0.2, 0.25) is 5.89 Å². The van der Waals surface area contributed by atoms with Gasteiger partial charge in [-0.15, -0.1) is 10.2 Å². The van der Waals surface area contributed by atoms with Crippen LogP contribution < -0.4 is 0 Å². The lowest BCUT2D eigenvalue weighted by molar-refractivity contribution is 0.102. The number of hydrogen-bond donors (Lipinski definition) is 0. The highest BCUT2D eigenvalue weighted by atomic mass is 32.2. The molecule has 0 fully saturated rings. The van der Waals surface area contributed by atoms with Gasteiger partial charge in [0.05, 0.1) is 12.2 Å². The minimum atomic E-state index is 0.0584. The molecule has 2 aromatic carbocycles. The number of carbonyl (C=O) groups is 1. The van der Waals surface area contributed by atoms with E-state index in [0.717, 1.165) is 5.56 Å². The molecule has 0 radical (unpaired) electrons. The minimum absolute atomic E-state index is 0.0584. The van der Waals surface area contributed by atoms with Gasteiger partial charge < -0.3 is 4.42 Å². The summed E-state index contributed by atoms with van der Waals surface area (Å²) in [4.78, 5) is 12.3. The molecule has 0 N–H and O–H groups in total. The predicted molar refractivity (Wildman–Crippen MR) is 99.1 cm³/mol. The van der Waals surface area contributed by atoms with Crippen molar-refractivity contribution >= 4 is 17.5 Å². The van der Waals surface area contributed by atoms with Gasteiger partial charge in [-0.2, -0.15) is 0 Å². The molecule has 0 aliphatic heterocycles. The average molecular weight is 352 g/mol. The number of Topliss-reactive ketones (excluding diaryl/α,β-unsaturated/α-hetero) is 1. The van der Waals surface area contributed by atoms with Gasteiger partial charge in [-0.3, -0.25) is 4.79 Å². The van der Waals surface area contributed by atoms with E-state index in [1.807, 2.05) is 54.6 Å². The van der Waals surface area contributed by atoms with E-state index in [9.17, 15) is 4.79 Å². The van der Waals surface area contributed by atoms with Crippen LogP contribution in [0.15, 0.2) is 64.2 Å². The quantitative estimate of drug-likeness (QED) is 0.453. The second-order valence-electron chi connectivity index (χ2n) is 6.11. The second kappa shape index (κ2) is 8.12. The lowest BCUT2D eigenvalue weighted by atomic mass is 10.0. The number of ketones is 1. The van der Waals surface area contributed by atoms with Crippen LogP contribution in [0.25, 0.3) is 0 Å². The molecule has 3 aromatic rings. The molecule has 0 aliphatic carbocycles. The van der Waals surface area contributed by atoms with Gasteiger partial charge in [0, 0.05) is 5.56 Å². The predicted octanol–water partition coefficient (Wildman–Crippen LogP) is 4.76. The molecule has 128 valence electrons. The Morgan fingerprint density at radius 2 is 1.76 bits per heavy atom. The minimum Gasteiger partial charge on any atom is -0.416 e. The van der Waals surface area contributed by atoms with Crippen LogP contribution in [0.2, 0.25) is 0 Å². The summed E-state index contributed by atoms with van der Waals surface area (Å²) in [5, 5.41) is 8.48. The van der Waals surface area contributed by atoms with Gasteiger partial charge in [0.25, 0.3) is 5.22 Å². The van der Waals surface area contributed by atoms with E-state index in [1.165, 1.54) is 17.3 Å². The van der Waals surface area contributed by atoms with Crippen LogP contribution in [0.4, 0.5) is 0 Å². The van der Waals surface area contributed by atoms with Crippen molar-refractivity contribution in [3.63, 3.8) is 0 Å². The molecule has 0 spiro atoms. The van der Waals surface area contributed by atoms with Gasteiger partial charge in [0.15, 0.2) is 5.78 Å². The Kier molecular flexibility index (Phi) is 5.66. The Morgan fingerprint density at radius 3 is 2.44 bits per heavy atom. The Labute approximate surface area is 151 Å². The van der Waals surface area contributed by atoms with Crippen LogP contribution in [0.1, 0.15) is 47.1 Å². The lowest BCUT2D eigenvalue weighted by Crippen LogP contribution is -2.02. The third-order valence-electron chi connectivity index (χ3n) is 3.87. The molecular formula is C20H20N2O2S. The molecule has 25 heavy (non-hydrogen) atoms. The summed E-state index contributed by atoms with van der Waals surface area (Å²) in [6, 6.07) is 17.7. The van der Waals surface area contributed by atoms with Gasteiger partial charge >= 0.3 is 0 Å². The maximum absolute atomic E-state index is 12.3. The van der Waals surface area contributed by atoms with Gasteiger partial charge in [-0.25, -0.2) is 0 Å². The molecule has 0 saturated carbocycles. The first kappa shape index (κ1) is 17.4. The van der Waals surface area contributed by atoms with Crippen LogP contribution in [0, 0.1) is 0 Å². The SMILES string of the molecule is CC(C)c1ccc(C(=O)CSc2nnc(Cc3ccccc3)o2)cc1. The Morgan fingerprint density at radius 1 is 1.04 bits per heavy atom. The van der Waals surface area contributed by atoms with Crippen LogP contribution in [0.5, 0.6) is 0 Å². The Balaban J connectivity index is 1.55. The molecule has 1 aromatic heterocycles. The molecule has 5 heteroatoms. The molecule has 3 rings (SSSR count).